The van der Waals surface area contributed by atoms with E-state index in [0.717, 1.165) is 18.5 Å². The molecule has 2 aromatic rings. The SMILES string of the molecule is N#Cc1cccc(COc2cc3n(n2)CCCC3)c1. The Bertz CT molecular complexity index is 601. The van der Waals surface area contributed by atoms with E-state index in [4.69, 9.17) is 10.00 Å². The second-order valence-corrected chi connectivity index (χ2v) is 4.76. The molecule has 1 aromatic carbocycles. The summed E-state index contributed by atoms with van der Waals surface area (Å²) in [6.45, 7) is 1.44. The maximum Gasteiger partial charge on any atom is 0.233 e. The number of rotatable bonds is 3. The van der Waals surface area contributed by atoms with E-state index >= 15 is 0 Å². The molecule has 0 unspecified atom stereocenters. The van der Waals surface area contributed by atoms with Gasteiger partial charge in [-0.1, -0.05) is 12.1 Å². The summed E-state index contributed by atoms with van der Waals surface area (Å²) in [4.78, 5) is 0. The molecule has 1 aliphatic rings. The zero-order valence-corrected chi connectivity index (χ0v) is 10.7. The first-order valence-corrected chi connectivity index (χ1v) is 6.54. The molecule has 0 N–H and O–H groups in total. The molecule has 1 aromatic heterocycles. The molecule has 0 saturated heterocycles. The lowest BCUT2D eigenvalue weighted by Crippen LogP contribution is -2.10. The molecule has 0 atom stereocenters. The minimum absolute atomic E-state index is 0.450. The van der Waals surface area contributed by atoms with E-state index in [9.17, 15) is 0 Å². The number of aromatic nitrogens is 2. The first kappa shape index (κ1) is 11.8. The predicted octanol–water partition coefficient (Wildman–Crippen LogP) is 2.67. The first-order chi connectivity index (χ1) is 9.35. The zero-order valence-electron chi connectivity index (χ0n) is 10.7. The number of benzene rings is 1. The van der Waals surface area contributed by atoms with Gasteiger partial charge in [0.05, 0.1) is 11.6 Å². The quantitative estimate of drug-likeness (QED) is 0.845. The minimum Gasteiger partial charge on any atom is -0.472 e. The van der Waals surface area contributed by atoms with Crippen LogP contribution >= 0.6 is 0 Å². The van der Waals surface area contributed by atoms with Crippen LogP contribution in [0, 0.1) is 11.3 Å². The van der Waals surface area contributed by atoms with Crippen LogP contribution in [0.15, 0.2) is 30.3 Å². The van der Waals surface area contributed by atoms with Gasteiger partial charge >= 0.3 is 0 Å². The molecular formula is C15H15N3O. The number of fused-ring (bicyclic) bond motifs is 1. The Hall–Kier alpha value is -2.28. The standard InChI is InChI=1S/C15H15N3O/c16-10-12-4-3-5-13(8-12)11-19-15-9-14-6-1-2-7-18(14)17-15/h3-5,8-9H,1-2,6-7,11H2. The highest BCUT2D eigenvalue weighted by molar-refractivity contribution is 5.32. The van der Waals surface area contributed by atoms with Crippen molar-refractivity contribution < 1.29 is 4.74 Å². The molecule has 0 amide bonds. The van der Waals surface area contributed by atoms with Gasteiger partial charge in [0.15, 0.2) is 0 Å². The van der Waals surface area contributed by atoms with Crippen molar-refractivity contribution in [3.63, 3.8) is 0 Å². The van der Waals surface area contributed by atoms with Crippen LogP contribution in [0.2, 0.25) is 0 Å². The molecule has 4 nitrogen and oxygen atoms in total. The molecular weight excluding hydrogens is 238 g/mol. The van der Waals surface area contributed by atoms with Crippen LogP contribution in [0.25, 0.3) is 0 Å². The second-order valence-electron chi connectivity index (χ2n) is 4.76. The second kappa shape index (κ2) is 5.15. The van der Waals surface area contributed by atoms with E-state index in [1.165, 1.54) is 18.5 Å². The summed E-state index contributed by atoms with van der Waals surface area (Å²) >= 11 is 0. The largest absolute Gasteiger partial charge is 0.472 e. The van der Waals surface area contributed by atoms with E-state index in [1.807, 2.05) is 28.9 Å². The third-order valence-electron chi connectivity index (χ3n) is 3.34. The maximum atomic E-state index is 8.85. The topological polar surface area (TPSA) is 50.8 Å². The zero-order chi connectivity index (χ0) is 13.1. The number of nitrogens with zero attached hydrogens (tertiary/aromatic N) is 3. The predicted molar refractivity (Wildman–Crippen MR) is 70.7 cm³/mol. The third-order valence-corrected chi connectivity index (χ3v) is 3.34. The van der Waals surface area contributed by atoms with Crippen molar-refractivity contribution in [2.75, 3.05) is 0 Å². The molecule has 2 heterocycles. The van der Waals surface area contributed by atoms with Crippen molar-refractivity contribution in [3.8, 4) is 11.9 Å². The average molecular weight is 253 g/mol. The molecule has 0 spiro atoms. The van der Waals surface area contributed by atoms with Gasteiger partial charge in [-0.15, -0.1) is 5.10 Å². The Balaban J connectivity index is 1.68. The highest BCUT2D eigenvalue weighted by Gasteiger charge is 2.12. The van der Waals surface area contributed by atoms with E-state index < -0.39 is 0 Å². The van der Waals surface area contributed by atoms with E-state index in [2.05, 4.69) is 11.2 Å². The summed E-state index contributed by atoms with van der Waals surface area (Å²) in [6.07, 6.45) is 3.51. The van der Waals surface area contributed by atoms with Gasteiger partial charge in [-0.25, -0.2) is 0 Å². The lowest BCUT2D eigenvalue weighted by molar-refractivity contribution is 0.288. The van der Waals surface area contributed by atoms with Crippen LogP contribution in [0.5, 0.6) is 5.88 Å². The number of hydrogen-bond acceptors (Lipinski definition) is 3. The van der Waals surface area contributed by atoms with Gasteiger partial charge in [0.1, 0.15) is 6.61 Å². The van der Waals surface area contributed by atoms with Gasteiger partial charge < -0.3 is 4.74 Å². The molecule has 0 aliphatic carbocycles. The Labute approximate surface area is 112 Å². The van der Waals surface area contributed by atoms with Crippen LogP contribution in [-0.4, -0.2) is 9.78 Å². The number of hydrogen-bond donors (Lipinski definition) is 0. The molecule has 0 radical (unpaired) electrons. The molecule has 0 fully saturated rings. The number of nitriles is 1. The molecule has 96 valence electrons. The van der Waals surface area contributed by atoms with Crippen molar-refractivity contribution in [1.82, 2.24) is 9.78 Å². The summed E-state index contributed by atoms with van der Waals surface area (Å²) < 4.78 is 7.74. The third kappa shape index (κ3) is 2.60. The summed E-state index contributed by atoms with van der Waals surface area (Å²) in [5, 5.41) is 13.3. The van der Waals surface area contributed by atoms with Crippen LogP contribution in [0.1, 0.15) is 29.7 Å². The summed E-state index contributed by atoms with van der Waals surface area (Å²) in [7, 11) is 0. The average Bonchev–Trinajstić information content (AvgIpc) is 2.88. The summed E-state index contributed by atoms with van der Waals surface area (Å²) in [5.74, 6) is 0.680. The van der Waals surface area contributed by atoms with Gasteiger partial charge in [0.2, 0.25) is 5.88 Å². The van der Waals surface area contributed by atoms with E-state index in [-0.39, 0.29) is 0 Å². The molecule has 3 rings (SSSR count). The van der Waals surface area contributed by atoms with Crippen molar-refractivity contribution in [2.24, 2.45) is 0 Å². The van der Waals surface area contributed by atoms with E-state index in [1.54, 1.807) is 6.07 Å². The van der Waals surface area contributed by atoms with Gasteiger partial charge in [-0.05, 0) is 37.0 Å². The highest BCUT2D eigenvalue weighted by Crippen LogP contribution is 2.20. The Morgan fingerprint density at radius 3 is 3.11 bits per heavy atom. The fourth-order valence-corrected chi connectivity index (χ4v) is 2.35. The fraction of sp³-hybridized carbons (Fsp3) is 0.333. The van der Waals surface area contributed by atoms with Crippen LogP contribution < -0.4 is 4.74 Å². The van der Waals surface area contributed by atoms with Crippen LogP contribution in [0.4, 0.5) is 0 Å². The Kier molecular flexibility index (Phi) is 3.20. The van der Waals surface area contributed by atoms with E-state index in [0.29, 0.717) is 18.1 Å². The summed E-state index contributed by atoms with van der Waals surface area (Å²) in [6, 6.07) is 11.6. The van der Waals surface area contributed by atoms with Gasteiger partial charge in [-0.3, -0.25) is 4.68 Å². The molecule has 1 aliphatic heterocycles. The van der Waals surface area contributed by atoms with Crippen molar-refractivity contribution in [2.45, 2.75) is 32.4 Å². The van der Waals surface area contributed by atoms with Crippen molar-refractivity contribution >= 4 is 0 Å². The van der Waals surface area contributed by atoms with Crippen molar-refractivity contribution in [3.05, 3.63) is 47.2 Å². The fourth-order valence-electron chi connectivity index (χ4n) is 2.35. The monoisotopic (exact) mass is 253 g/mol. The minimum atomic E-state index is 0.450. The number of ether oxygens (including phenoxy) is 1. The Morgan fingerprint density at radius 1 is 1.32 bits per heavy atom. The molecule has 19 heavy (non-hydrogen) atoms. The van der Waals surface area contributed by atoms with Gasteiger partial charge in [0, 0.05) is 18.3 Å². The molecule has 0 saturated carbocycles. The lowest BCUT2D eigenvalue weighted by atomic mass is 10.1. The van der Waals surface area contributed by atoms with Gasteiger partial charge in [0.25, 0.3) is 0 Å². The lowest BCUT2D eigenvalue weighted by Gasteiger charge is -2.11. The van der Waals surface area contributed by atoms with Crippen LogP contribution in [0.3, 0.4) is 0 Å². The maximum absolute atomic E-state index is 8.85. The van der Waals surface area contributed by atoms with Crippen molar-refractivity contribution in [1.29, 1.82) is 5.26 Å². The van der Waals surface area contributed by atoms with Crippen LogP contribution in [-0.2, 0) is 19.6 Å². The molecule has 0 bridgehead atoms. The molecule has 4 heteroatoms. The normalized spacial score (nSPS) is 13.6. The summed E-state index contributed by atoms with van der Waals surface area (Å²) in [5.41, 5.74) is 2.90. The van der Waals surface area contributed by atoms with Gasteiger partial charge in [-0.2, -0.15) is 5.26 Å². The number of aryl methyl sites for hydroxylation is 2. The first-order valence-electron chi connectivity index (χ1n) is 6.54. The highest BCUT2D eigenvalue weighted by atomic mass is 16.5. The Morgan fingerprint density at radius 2 is 2.26 bits per heavy atom. The smallest absolute Gasteiger partial charge is 0.233 e.